The van der Waals surface area contributed by atoms with Crippen LogP contribution < -0.4 is 9.62 Å². The zero-order chi connectivity index (χ0) is 27.8. The van der Waals surface area contributed by atoms with Gasteiger partial charge in [0.25, 0.3) is 10.0 Å². The van der Waals surface area contributed by atoms with Crippen LogP contribution in [0.5, 0.6) is 0 Å². The maximum Gasteiger partial charge on any atom is 0.430 e. The van der Waals surface area contributed by atoms with Crippen LogP contribution in [0.1, 0.15) is 53.5 Å². The van der Waals surface area contributed by atoms with Crippen LogP contribution in [0.3, 0.4) is 0 Å². The van der Waals surface area contributed by atoms with Gasteiger partial charge in [-0.15, -0.1) is 15.6 Å². The van der Waals surface area contributed by atoms with Crippen LogP contribution in [0.2, 0.25) is 0 Å². The van der Waals surface area contributed by atoms with Gasteiger partial charge in [-0.2, -0.15) is 0 Å². The van der Waals surface area contributed by atoms with Gasteiger partial charge in [0.2, 0.25) is 0 Å². The predicted molar refractivity (Wildman–Crippen MR) is 139 cm³/mol. The lowest BCUT2D eigenvalue weighted by atomic mass is 10.1. The van der Waals surface area contributed by atoms with E-state index in [1.165, 1.54) is 10.9 Å². The third-order valence-electron chi connectivity index (χ3n) is 5.18. The van der Waals surface area contributed by atoms with Crippen LogP contribution in [-0.2, 0) is 19.5 Å². The van der Waals surface area contributed by atoms with Gasteiger partial charge in [-0.3, -0.25) is 0 Å². The minimum atomic E-state index is -4.70. The van der Waals surface area contributed by atoms with Gasteiger partial charge >= 0.3 is 12.2 Å². The van der Waals surface area contributed by atoms with Gasteiger partial charge < -0.3 is 19.7 Å². The first-order chi connectivity index (χ1) is 17.0. The number of nitrogens with zero attached hydrogens (tertiary/aromatic N) is 3. The van der Waals surface area contributed by atoms with E-state index in [1.54, 1.807) is 53.4 Å². The van der Waals surface area contributed by atoms with Crippen molar-refractivity contribution in [1.82, 2.24) is 9.88 Å². The van der Waals surface area contributed by atoms with Crippen molar-refractivity contribution in [2.75, 3.05) is 22.7 Å². The Bertz CT molecular complexity index is 1250. The Morgan fingerprint density at radius 3 is 2.38 bits per heavy atom. The second-order valence-corrected chi connectivity index (χ2v) is 13.2. The summed E-state index contributed by atoms with van der Waals surface area (Å²) in [4.78, 5) is 30.0. The number of nitrogens with one attached hydrogen (secondary N) is 1. The Balaban J connectivity index is 1.84. The third-order valence-corrected chi connectivity index (χ3v) is 7.44. The van der Waals surface area contributed by atoms with E-state index in [4.69, 9.17) is 9.47 Å². The average Bonchev–Trinajstić information content (AvgIpc) is 3.40. The molecular weight excluding hydrogens is 523 g/mol. The molecule has 0 unspecified atom stereocenters. The second kappa shape index (κ2) is 10.4. The molecule has 0 spiro atoms. The summed E-state index contributed by atoms with van der Waals surface area (Å²) in [7, 11) is -4.70. The number of likely N-dealkylation sites (tertiary alicyclic amines) is 1. The third kappa shape index (κ3) is 7.10. The summed E-state index contributed by atoms with van der Waals surface area (Å²) in [6, 6.07) is 2.06. The highest BCUT2D eigenvalue weighted by Gasteiger charge is 2.38. The summed E-state index contributed by atoms with van der Waals surface area (Å²) in [6.45, 7) is 12.6. The number of thiazole rings is 1. The van der Waals surface area contributed by atoms with Crippen LogP contribution >= 0.6 is 11.3 Å². The molecule has 1 aliphatic heterocycles. The van der Waals surface area contributed by atoms with Crippen LogP contribution in [0, 0.1) is 12.7 Å². The normalized spacial score (nSPS) is 16.4. The molecule has 0 radical (unpaired) electrons. The summed E-state index contributed by atoms with van der Waals surface area (Å²) in [5, 5.41) is 4.55. The molecule has 1 fully saturated rings. The fourth-order valence-corrected chi connectivity index (χ4v) is 5.61. The van der Waals surface area contributed by atoms with Crippen molar-refractivity contribution in [3.63, 3.8) is 0 Å². The number of aryl methyl sites for hydroxylation is 1. The Hall–Kier alpha value is -2.93. The molecule has 2 aromatic rings. The zero-order valence-electron chi connectivity index (χ0n) is 22.0. The molecule has 0 bridgehead atoms. The quantitative estimate of drug-likeness (QED) is 0.538. The molecule has 2 amide bonds. The fourth-order valence-electron chi connectivity index (χ4n) is 3.62. The van der Waals surface area contributed by atoms with Gasteiger partial charge in [0.15, 0.2) is 5.82 Å². The number of carbonyl (C=O) groups excluding carboxylic acids is 2. The first kappa shape index (κ1) is 28.6. The van der Waals surface area contributed by atoms with Crippen LogP contribution in [0.15, 0.2) is 27.9 Å². The van der Waals surface area contributed by atoms with Gasteiger partial charge in [-0.1, -0.05) is 0 Å². The van der Waals surface area contributed by atoms with Crippen molar-refractivity contribution in [1.29, 1.82) is 0 Å². The molecule has 204 valence electrons. The molecule has 0 aliphatic carbocycles. The van der Waals surface area contributed by atoms with Gasteiger partial charge in [-0.25, -0.2) is 27.4 Å². The Labute approximate surface area is 220 Å². The summed E-state index contributed by atoms with van der Waals surface area (Å²) in [6.07, 6.45) is -1.01. The number of carbonyl (C=O) groups is 2. The molecule has 1 aromatic carbocycles. The van der Waals surface area contributed by atoms with Gasteiger partial charge in [0, 0.05) is 30.2 Å². The van der Waals surface area contributed by atoms with Gasteiger partial charge in [-0.05, 0) is 72.6 Å². The lowest BCUT2D eigenvalue weighted by molar-refractivity contribution is 0.0293. The molecule has 10 nitrogen and oxygen atoms in total. The summed E-state index contributed by atoms with van der Waals surface area (Å²) in [5.74, 6) is -1.23. The van der Waals surface area contributed by atoms with E-state index in [-0.39, 0.29) is 11.9 Å². The van der Waals surface area contributed by atoms with Crippen molar-refractivity contribution in [2.45, 2.75) is 77.0 Å². The van der Waals surface area contributed by atoms with Crippen molar-refractivity contribution >= 4 is 45.1 Å². The first-order valence-corrected chi connectivity index (χ1v) is 14.1. The maximum atomic E-state index is 15.3. The molecule has 1 aliphatic rings. The fraction of sp³-hybridized carbons (Fsp3) is 0.542. The van der Waals surface area contributed by atoms with E-state index in [2.05, 4.69) is 10.3 Å². The number of rotatable bonds is 5. The molecule has 37 heavy (non-hydrogen) atoms. The minimum absolute atomic E-state index is 0.179. The Morgan fingerprint density at radius 2 is 1.81 bits per heavy atom. The molecule has 1 saturated heterocycles. The number of halogens is 1. The number of hydrogen-bond donors (Lipinski definition) is 1. The first-order valence-electron chi connectivity index (χ1n) is 11.7. The van der Waals surface area contributed by atoms with Crippen LogP contribution in [0.25, 0.3) is 0 Å². The van der Waals surface area contributed by atoms with Gasteiger partial charge in [0.1, 0.15) is 21.9 Å². The number of benzene rings is 1. The monoisotopic (exact) mass is 556 g/mol. The predicted octanol–water partition coefficient (Wildman–Crippen LogP) is 5.14. The number of ether oxygens (including phenoxy) is 2. The van der Waals surface area contributed by atoms with E-state index in [0.29, 0.717) is 35.1 Å². The van der Waals surface area contributed by atoms with E-state index in [1.807, 2.05) is 0 Å². The van der Waals surface area contributed by atoms with Crippen molar-refractivity contribution in [2.24, 2.45) is 0 Å². The topological polar surface area (TPSA) is 118 Å². The second-order valence-electron chi connectivity index (χ2n) is 10.8. The van der Waals surface area contributed by atoms with E-state index in [0.717, 1.165) is 23.5 Å². The molecular formula is C24H33FN4O6S2. The van der Waals surface area contributed by atoms with E-state index in [9.17, 15) is 18.0 Å². The van der Waals surface area contributed by atoms with Crippen LogP contribution in [-0.4, -0.2) is 60.8 Å². The Kier molecular flexibility index (Phi) is 8.08. The standard InChI is InChI=1S/C24H33FN4O6S2/c1-15-10-19(37(32,33)29(20-13-36-14-26-20)22(31)35-24(5,6)7)17(25)11-18(15)27-16-8-9-28(12-16)21(30)34-23(2,3)4/h10-11,13-14,16,27H,8-9,12H2,1-7H3/t16-/m0/s1. The molecule has 3 rings (SSSR count). The molecule has 1 aromatic heterocycles. The molecule has 2 heterocycles. The molecule has 1 atom stereocenters. The Morgan fingerprint density at radius 1 is 1.16 bits per heavy atom. The summed E-state index contributed by atoms with van der Waals surface area (Å²) < 4.78 is 53.3. The number of sulfonamides is 1. The van der Waals surface area contributed by atoms with Crippen LogP contribution in [0.4, 0.5) is 25.5 Å². The molecule has 13 heteroatoms. The minimum Gasteiger partial charge on any atom is -0.444 e. The van der Waals surface area contributed by atoms with E-state index >= 15 is 4.39 Å². The number of hydrogen-bond acceptors (Lipinski definition) is 9. The highest BCUT2D eigenvalue weighted by atomic mass is 32.2. The SMILES string of the molecule is Cc1cc(S(=O)(=O)N(C(=O)OC(C)(C)C)c2cscn2)c(F)cc1N[C@H]1CCN(C(=O)OC(C)(C)C)C1. The number of anilines is 2. The number of amides is 2. The summed E-state index contributed by atoms with van der Waals surface area (Å²) in [5.41, 5.74) is 0.578. The molecule has 1 N–H and O–H groups in total. The summed E-state index contributed by atoms with van der Waals surface area (Å²) >= 11 is 1.08. The maximum absolute atomic E-state index is 15.3. The smallest absolute Gasteiger partial charge is 0.430 e. The highest BCUT2D eigenvalue weighted by molar-refractivity contribution is 7.93. The lowest BCUT2D eigenvalue weighted by Crippen LogP contribution is -2.41. The molecule has 0 saturated carbocycles. The van der Waals surface area contributed by atoms with Crippen molar-refractivity contribution < 1.29 is 31.9 Å². The van der Waals surface area contributed by atoms with Crippen molar-refractivity contribution in [3.05, 3.63) is 34.4 Å². The zero-order valence-corrected chi connectivity index (χ0v) is 23.6. The van der Waals surface area contributed by atoms with Crippen molar-refractivity contribution in [3.8, 4) is 0 Å². The van der Waals surface area contributed by atoms with Gasteiger partial charge in [0.05, 0.1) is 5.51 Å². The number of aromatic nitrogens is 1. The average molecular weight is 557 g/mol. The highest BCUT2D eigenvalue weighted by Crippen LogP contribution is 2.31. The largest absolute Gasteiger partial charge is 0.444 e. The lowest BCUT2D eigenvalue weighted by Gasteiger charge is -2.26. The van der Waals surface area contributed by atoms with E-state index < -0.39 is 44.1 Å².